The molecule has 4 aliphatic rings. The Morgan fingerprint density at radius 3 is 2.34 bits per heavy atom. The van der Waals surface area contributed by atoms with Gasteiger partial charge in [-0.05, 0) is 89.6 Å². The van der Waals surface area contributed by atoms with E-state index in [4.69, 9.17) is 0 Å². The number of hydrogen-bond donors (Lipinski definition) is 2. The predicted molar refractivity (Wildman–Crippen MR) is 130 cm³/mol. The summed E-state index contributed by atoms with van der Waals surface area (Å²) in [5.41, 5.74) is 2.89. The van der Waals surface area contributed by atoms with E-state index in [0.29, 0.717) is 42.3 Å². The van der Waals surface area contributed by atoms with Gasteiger partial charge >= 0.3 is 0 Å². The molecule has 3 nitrogen and oxygen atoms in total. The molecule has 0 saturated heterocycles. The third-order valence-electron chi connectivity index (χ3n) is 10.8. The highest BCUT2D eigenvalue weighted by Gasteiger charge is 2.60. The molecule has 180 valence electrons. The summed E-state index contributed by atoms with van der Waals surface area (Å²) >= 11 is 0. The van der Waals surface area contributed by atoms with Gasteiger partial charge in [0.1, 0.15) is 0 Å². The van der Waals surface area contributed by atoms with Crippen molar-refractivity contribution >= 4 is 5.78 Å². The average molecular weight is 443 g/mol. The zero-order valence-electron chi connectivity index (χ0n) is 21.3. The number of hydrogen-bond acceptors (Lipinski definition) is 3. The van der Waals surface area contributed by atoms with E-state index in [9.17, 15) is 15.0 Å². The summed E-state index contributed by atoms with van der Waals surface area (Å²) in [4.78, 5) is 13.5. The molecule has 0 aromatic heterocycles. The molecule has 3 heteroatoms. The predicted octanol–water partition coefficient (Wildman–Crippen LogP) is 6.09. The number of fused-ring (bicyclic) bond motifs is 4. The second-order valence-corrected chi connectivity index (χ2v) is 12.8. The van der Waals surface area contributed by atoms with Gasteiger partial charge in [-0.1, -0.05) is 61.0 Å². The van der Waals surface area contributed by atoms with Crippen molar-refractivity contribution in [3.05, 3.63) is 23.3 Å². The molecule has 0 radical (unpaired) electrons. The number of carbonyl (C=O) groups is 1. The fourth-order valence-electron chi connectivity index (χ4n) is 8.23. The van der Waals surface area contributed by atoms with Crippen LogP contribution in [-0.4, -0.2) is 28.2 Å². The van der Waals surface area contributed by atoms with Crippen molar-refractivity contribution in [1.29, 1.82) is 0 Å². The van der Waals surface area contributed by atoms with Crippen LogP contribution >= 0.6 is 0 Å². The molecule has 4 rings (SSSR count). The first kappa shape index (κ1) is 24.2. The lowest BCUT2D eigenvalue weighted by molar-refractivity contribution is -0.115. The summed E-state index contributed by atoms with van der Waals surface area (Å²) in [6.45, 7) is 18.2. The van der Waals surface area contributed by atoms with Crippen molar-refractivity contribution in [3.8, 4) is 0 Å². The van der Waals surface area contributed by atoms with Crippen LogP contribution in [-0.2, 0) is 4.79 Å². The van der Waals surface area contributed by atoms with E-state index in [1.165, 1.54) is 12.8 Å². The molecule has 0 aromatic carbocycles. The molecule has 32 heavy (non-hydrogen) atoms. The summed E-state index contributed by atoms with van der Waals surface area (Å²) in [6.07, 6.45) is 6.42. The van der Waals surface area contributed by atoms with Gasteiger partial charge < -0.3 is 10.2 Å². The third kappa shape index (κ3) is 3.57. The second kappa shape index (κ2) is 8.38. The topological polar surface area (TPSA) is 57.5 Å². The van der Waals surface area contributed by atoms with Crippen LogP contribution < -0.4 is 0 Å². The van der Waals surface area contributed by atoms with Gasteiger partial charge in [0.15, 0.2) is 5.78 Å². The molecule has 0 bridgehead atoms. The van der Waals surface area contributed by atoms with Crippen molar-refractivity contribution in [2.45, 2.75) is 105 Å². The van der Waals surface area contributed by atoms with Gasteiger partial charge in [-0.25, -0.2) is 0 Å². The van der Waals surface area contributed by atoms with E-state index in [1.807, 2.05) is 0 Å². The lowest BCUT2D eigenvalue weighted by atomic mass is 9.47. The van der Waals surface area contributed by atoms with E-state index in [-0.39, 0.29) is 22.7 Å². The van der Waals surface area contributed by atoms with Crippen LogP contribution in [0.3, 0.4) is 0 Å². The van der Waals surface area contributed by atoms with E-state index in [2.05, 4.69) is 48.1 Å². The van der Waals surface area contributed by atoms with Crippen LogP contribution in [0.4, 0.5) is 0 Å². The number of aliphatic hydroxyl groups is 2. The average Bonchev–Trinajstić information content (AvgIpc) is 3.01. The molecule has 3 saturated carbocycles. The van der Waals surface area contributed by atoms with Gasteiger partial charge in [0, 0.05) is 12.0 Å². The molecule has 0 aromatic rings. The molecular formula is C29H46O3. The highest BCUT2D eigenvalue weighted by Crippen LogP contribution is 2.65. The van der Waals surface area contributed by atoms with Crippen molar-refractivity contribution in [2.75, 3.05) is 0 Å². The van der Waals surface area contributed by atoms with Crippen LogP contribution in [0, 0.1) is 46.3 Å². The van der Waals surface area contributed by atoms with Crippen LogP contribution in [0.2, 0.25) is 0 Å². The Kier molecular flexibility index (Phi) is 6.34. The Hall–Kier alpha value is -0.930. The van der Waals surface area contributed by atoms with Gasteiger partial charge in [-0.3, -0.25) is 4.79 Å². The Bertz CT molecular complexity index is 809. The smallest absolute Gasteiger partial charge is 0.159 e. The maximum absolute atomic E-state index is 13.5. The molecule has 0 heterocycles. The van der Waals surface area contributed by atoms with Gasteiger partial charge in [0.25, 0.3) is 0 Å². The van der Waals surface area contributed by atoms with Crippen molar-refractivity contribution < 1.29 is 15.0 Å². The fourth-order valence-corrected chi connectivity index (χ4v) is 8.23. The van der Waals surface area contributed by atoms with Crippen molar-refractivity contribution in [1.82, 2.24) is 0 Å². The van der Waals surface area contributed by atoms with E-state index in [1.54, 1.807) is 0 Å². The summed E-state index contributed by atoms with van der Waals surface area (Å²) in [7, 11) is 0. The Balaban J connectivity index is 1.66. The molecule has 0 spiro atoms. The van der Waals surface area contributed by atoms with E-state index >= 15 is 0 Å². The maximum Gasteiger partial charge on any atom is 0.159 e. The van der Waals surface area contributed by atoms with E-state index in [0.717, 1.165) is 42.4 Å². The fraction of sp³-hybridized carbons (Fsp3) is 0.828. The summed E-state index contributed by atoms with van der Waals surface area (Å²) in [5.74, 6) is 3.00. The zero-order valence-corrected chi connectivity index (χ0v) is 21.3. The lowest BCUT2D eigenvalue weighted by Crippen LogP contribution is -2.53. The SMILES string of the molecule is C=C1[C@@H](O)CC[C@@]2(C)[C@H]1C[C@@H](O)C1=C3C(=O)C[C@H]([C@H](C)CC[C@@H](C)C(C)C)[C@@]3(C)CC[C@@H]12. The number of carbonyl (C=O) groups excluding carboxylic acids is 1. The molecule has 0 unspecified atom stereocenters. The monoisotopic (exact) mass is 442 g/mol. The molecule has 9 atom stereocenters. The van der Waals surface area contributed by atoms with Crippen LogP contribution in [0.1, 0.15) is 92.9 Å². The van der Waals surface area contributed by atoms with Gasteiger partial charge in [-0.15, -0.1) is 0 Å². The number of Topliss-reactive ketones (excluding diaryl/α,β-unsaturated/α-hetero) is 1. The molecule has 3 fully saturated rings. The van der Waals surface area contributed by atoms with Crippen LogP contribution in [0.25, 0.3) is 0 Å². The van der Waals surface area contributed by atoms with Gasteiger partial charge in [0.05, 0.1) is 12.2 Å². The number of rotatable bonds is 5. The van der Waals surface area contributed by atoms with Gasteiger partial charge in [-0.2, -0.15) is 0 Å². The summed E-state index contributed by atoms with van der Waals surface area (Å²) in [5, 5.41) is 21.8. The second-order valence-electron chi connectivity index (χ2n) is 12.8. The minimum atomic E-state index is -0.575. The molecular weight excluding hydrogens is 396 g/mol. The first-order chi connectivity index (χ1) is 14.9. The standard InChI is InChI=1S/C29H46O3/c1-16(2)17(3)8-9-18(4)21-14-25(32)27-26-20(10-12-29(21,27)7)28(6)13-11-23(30)19(5)22(28)15-24(26)31/h16-18,20-24,30-31H,5,8-15H2,1-4,6-7H3/t17-,18-,20+,21-,22+,23+,24-,28-,29-/m1/s1. The van der Waals surface area contributed by atoms with Crippen molar-refractivity contribution in [3.63, 3.8) is 0 Å². The minimum absolute atomic E-state index is 0.00408. The highest BCUT2D eigenvalue weighted by atomic mass is 16.3. The molecule has 2 N–H and O–H groups in total. The Morgan fingerprint density at radius 2 is 1.69 bits per heavy atom. The minimum Gasteiger partial charge on any atom is -0.389 e. The summed E-state index contributed by atoms with van der Waals surface area (Å²) < 4.78 is 0. The normalized spacial score (nSPS) is 43.7. The Labute approximate surface area is 195 Å². The first-order valence-corrected chi connectivity index (χ1v) is 13.2. The van der Waals surface area contributed by atoms with Crippen molar-refractivity contribution in [2.24, 2.45) is 46.3 Å². The third-order valence-corrected chi connectivity index (χ3v) is 10.8. The summed E-state index contributed by atoms with van der Waals surface area (Å²) in [6, 6.07) is 0. The number of allylic oxidation sites excluding steroid dienone is 1. The van der Waals surface area contributed by atoms with E-state index < -0.39 is 12.2 Å². The largest absolute Gasteiger partial charge is 0.389 e. The van der Waals surface area contributed by atoms with Crippen LogP contribution in [0.5, 0.6) is 0 Å². The van der Waals surface area contributed by atoms with Gasteiger partial charge in [0.2, 0.25) is 0 Å². The Morgan fingerprint density at radius 1 is 1.00 bits per heavy atom. The highest BCUT2D eigenvalue weighted by molar-refractivity contribution is 6.00. The molecule has 0 amide bonds. The zero-order chi connectivity index (χ0) is 23.6. The maximum atomic E-state index is 13.5. The molecule has 4 aliphatic carbocycles. The number of ketones is 1. The molecule has 0 aliphatic heterocycles. The van der Waals surface area contributed by atoms with Crippen LogP contribution in [0.15, 0.2) is 23.3 Å². The number of aliphatic hydroxyl groups excluding tert-OH is 2. The first-order valence-electron chi connectivity index (χ1n) is 13.2. The quantitative estimate of drug-likeness (QED) is 0.506. The lowest BCUT2D eigenvalue weighted by Gasteiger charge is -2.58.